The van der Waals surface area contributed by atoms with Gasteiger partial charge in [0.2, 0.25) is 0 Å². The molecule has 22 heavy (non-hydrogen) atoms. The van der Waals surface area contributed by atoms with Gasteiger partial charge in [0.05, 0.1) is 21.2 Å². The molecular weight excluding hydrogens is 333 g/mol. The molecule has 0 saturated heterocycles. The lowest BCUT2D eigenvalue weighted by molar-refractivity contribution is 0.0698. The van der Waals surface area contributed by atoms with Gasteiger partial charge >= 0.3 is 5.97 Å². The van der Waals surface area contributed by atoms with E-state index in [2.05, 4.69) is 4.72 Å². The summed E-state index contributed by atoms with van der Waals surface area (Å²) in [5.74, 6) is -2.01. The molecule has 0 saturated carbocycles. The smallest absolute Gasteiger partial charge is 0.337 e. The third kappa shape index (κ3) is 3.20. The van der Waals surface area contributed by atoms with Gasteiger partial charge in [0, 0.05) is 0 Å². The molecule has 2 aromatic carbocycles. The fraction of sp³-hybridized carbons (Fsp3) is 0.0714. The number of aromatic carboxylic acids is 1. The van der Waals surface area contributed by atoms with Gasteiger partial charge in [-0.05, 0) is 36.8 Å². The molecule has 116 valence electrons. The molecule has 0 atom stereocenters. The number of rotatable bonds is 4. The minimum Gasteiger partial charge on any atom is -0.478 e. The number of hydrogen-bond donors (Lipinski definition) is 2. The zero-order valence-electron chi connectivity index (χ0n) is 11.3. The van der Waals surface area contributed by atoms with Crippen LogP contribution in [0.2, 0.25) is 5.02 Å². The minimum atomic E-state index is -4.10. The van der Waals surface area contributed by atoms with E-state index in [1.807, 2.05) is 0 Å². The van der Waals surface area contributed by atoms with Crippen LogP contribution in [0.15, 0.2) is 41.3 Å². The number of para-hydroxylation sites is 1. The van der Waals surface area contributed by atoms with Crippen LogP contribution in [0.3, 0.4) is 0 Å². The Bertz CT molecular complexity index is 852. The van der Waals surface area contributed by atoms with Crippen LogP contribution < -0.4 is 4.72 Å². The summed E-state index contributed by atoms with van der Waals surface area (Å²) >= 11 is 5.57. The van der Waals surface area contributed by atoms with Crippen LogP contribution in [0.4, 0.5) is 10.1 Å². The van der Waals surface area contributed by atoms with Gasteiger partial charge in [-0.1, -0.05) is 23.7 Å². The van der Waals surface area contributed by atoms with Crippen LogP contribution in [0.25, 0.3) is 0 Å². The Morgan fingerprint density at radius 3 is 2.55 bits per heavy atom. The number of halogens is 2. The second kappa shape index (κ2) is 5.94. The number of aryl methyl sites for hydroxylation is 1. The number of nitrogens with one attached hydrogen (secondary N) is 1. The van der Waals surface area contributed by atoms with Crippen LogP contribution in [0.1, 0.15) is 15.9 Å². The maximum atomic E-state index is 13.1. The van der Waals surface area contributed by atoms with E-state index in [0.717, 1.165) is 18.2 Å². The molecule has 0 heterocycles. The largest absolute Gasteiger partial charge is 0.478 e. The third-order valence-corrected chi connectivity index (χ3v) is 4.58. The topological polar surface area (TPSA) is 83.5 Å². The van der Waals surface area contributed by atoms with Gasteiger partial charge in [0.25, 0.3) is 10.0 Å². The molecule has 2 N–H and O–H groups in total. The highest BCUT2D eigenvalue weighted by atomic mass is 35.5. The highest BCUT2D eigenvalue weighted by Gasteiger charge is 2.20. The Morgan fingerprint density at radius 1 is 1.27 bits per heavy atom. The number of carbonyl (C=O) groups is 1. The van der Waals surface area contributed by atoms with Crippen molar-refractivity contribution < 1.29 is 22.7 Å². The Balaban J connectivity index is 2.50. The molecule has 0 fully saturated rings. The van der Waals surface area contributed by atoms with Crippen molar-refractivity contribution >= 4 is 33.3 Å². The summed E-state index contributed by atoms with van der Waals surface area (Å²) in [4.78, 5) is 10.9. The molecule has 8 heteroatoms. The van der Waals surface area contributed by atoms with E-state index < -0.39 is 21.8 Å². The van der Waals surface area contributed by atoms with E-state index in [-0.39, 0.29) is 21.2 Å². The van der Waals surface area contributed by atoms with Gasteiger partial charge in [0.1, 0.15) is 5.82 Å². The van der Waals surface area contributed by atoms with Gasteiger partial charge in [-0.25, -0.2) is 17.6 Å². The number of carboxylic acids is 1. The maximum Gasteiger partial charge on any atom is 0.337 e. The molecule has 0 spiro atoms. The fourth-order valence-corrected chi connectivity index (χ4v) is 3.24. The average molecular weight is 344 g/mol. The summed E-state index contributed by atoms with van der Waals surface area (Å²) in [5, 5.41) is 8.79. The van der Waals surface area contributed by atoms with Gasteiger partial charge in [-0.15, -0.1) is 0 Å². The Morgan fingerprint density at radius 2 is 1.95 bits per heavy atom. The van der Waals surface area contributed by atoms with Crippen molar-refractivity contribution in [2.45, 2.75) is 11.8 Å². The SMILES string of the molecule is Cc1cccc(C(=O)O)c1NS(=O)(=O)c1ccc(F)c(Cl)c1. The molecular formula is C14H11ClFNO4S. The Hall–Kier alpha value is -2.12. The second-order valence-electron chi connectivity index (χ2n) is 4.48. The summed E-state index contributed by atoms with van der Waals surface area (Å²) in [6.45, 7) is 1.57. The molecule has 0 bridgehead atoms. The first-order valence-electron chi connectivity index (χ1n) is 6.03. The summed E-state index contributed by atoms with van der Waals surface area (Å²) in [6, 6.07) is 7.28. The van der Waals surface area contributed by atoms with Crippen LogP contribution in [-0.4, -0.2) is 19.5 Å². The van der Waals surface area contributed by atoms with Crippen molar-refractivity contribution in [3.63, 3.8) is 0 Å². The lowest BCUT2D eigenvalue weighted by atomic mass is 10.1. The predicted octanol–water partition coefficient (Wildman–Crippen LogP) is 3.29. The zero-order valence-corrected chi connectivity index (χ0v) is 12.9. The lowest BCUT2D eigenvalue weighted by Gasteiger charge is -2.13. The first-order valence-corrected chi connectivity index (χ1v) is 7.89. The predicted molar refractivity (Wildman–Crippen MR) is 80.4 cm³/mol. The molecule has 5 nitrogen and oxygen atoms in total. The maximum absolute atomic E-state index is 13.1. The number of anilines is 1. The van der Waals surface area contributed by atoms with E-state index in [1.165, 1.54) is 12.1 Å². The summed E-state index contributed by atoms with van der Waals surface area (Å²) in [7, 11) is -4.10. The number of carboxylic acid groups (broad SMARTS) is 1. The molecule has 0 unspecified atom stereocenters. The standard InChI is InChI=1S/C14H11ClFNO4S/c1-8-3-2-4-10(14(18)19)13(8)17-22(20,21)9-5-6-12(16)11(15)7-9/h2-7,17H,1H3,(H,18,19). The van der Waals surface area contributed by atoms with Crippen molar-refractivity contribution in [2.24, 2.45) is 0 Å². The van der Waals surface area contributed by atoms with Crippen LogP contribution >= 0.6 is 11.6 Å². The summed E-state index contributed by atoms with van der Waals surface area (Å²) < 4.78 is 39.9. The van der Waals surface area contributed by atoms with Gasteiger partial charge in [-0.2, -0.15) is 0 Å². The van der Waals surface area contributed by atoms with Crippen molar-refractivity contribution in [3.05, 3.63) is 58.4 Å². The fourth-order valence-electron chi connectivity index (χ4n) is 1.82. The van der Waals surface area contributed by atoms with E-state index >= 15 is 0 Å². The molecule has 0 aliphatic heterocycles. The molecule has 0 radical (unpaired) electrons. The highest BCUT2D eigenvalue weighted by molar-refractivity contribution is 7.92. The van der Waals surface area contributed by atoms with Crippen LogP contribution in [0.5, 0.6) is 0 Å². The Labute approximate surface area is 131 Å². The molecule has 0 aromatic heterocycles. The first kappa shape index (κ1) is 16.3. The summed E-state index contributed by atoms with van der Waals surface area (Å²) in [6.07, 6.45) is 0. The zero-order chi connectivity index (χ0) is 16.5. The number of sulfonamides is 1. The third-order valence-electron chi connectivity index (χ3n) is 2.94. The van der Waals surface area contributed by atoms with Gasteiger partial charge < -0.3 is 5.11 Å². The minimum absolute atomic E-state index is 0.0459. The number of hydrogen-bond acceptors (Lipinski definition) is 3. The Kier molecular flexibility index (Phi) is 4.39. The van der Waals surface area contributed by atoms with Gasteiger partial charge in [0.15, 0.2) is 0 Å². The van der Waals surface area contributed by atoms with E-state index in [0.29, 0.717) is 5.56 Å². The normalized spacial score (nSPS) is 11.2. The molecule has 2 aromatic rings. The quantitative estimate of drug-likeness (QED) is 0.892. The van der Waals surface area contributed by atoms with E-state index in [9.17, 15) is 17.6 Å². The average Bonchev–Trinajstić information content (AvgIpc) is 2.43. The van der Waals surface area contributed by atoms with E-state index in [1.54, 1.807) is 13.0 Å². The number of benzene rings is 2. The molecule has 0 aliphatic carbocycles. The van der Waals surface area contributed by atoms with Crippen molar-refractivity contribution in [2.75, 3.05) is 4.72 Å². The second-order valence-corrected chi connectivity index (χ2v) is 6.57. The van der Waals surface area contributed by atoms with Crippen molar-refractivity contribution in [1.29, 1.82) is 0 Å². The van der Waals surface area contributed by atoms with Crippen LogP contribution in [-0.2, 0) is 10.0 Å². The molecule has 0 amide bonds. The summed E-state index contributed by atoms with van der Waals surface area (Å²) in [5.41, 5.74) is 0.212. The van der Waals surface area contributed by atoms with Crippen LogP contribution in [0, 0.1) is 12.7 Å². The van der Waals surface area contributed by atoms with Crippen molar-refractivity contribution in [1.82, 2.24) is 0 Å². The van der Waals surface area contributed by atoms with E-state index in [4.69, 9.17) is 16.7 Å². The lowest BCUT2D eigenvalue weighted by Crippen LogP contribution is -2.16. The highest BCUT2D eigenvalue weighted by Crippen LogP contribution is 2.26. The monoisotopic (exact) mass is 343 g/mol. The first-order chi connectivity index (χ1) is 10.2. The molecule has 0 aliphatic rings. The molecule has 2 rings (SSSR count). The van der Waals surface area contributed by atoms with Gasteiger partial charge in [-0.3, -0.25) is 4.72 Å². The van der Waals surface area contributed by atoms with Crippen molar-refractivity contribution in [3.8, 4) is 0 Å².